The van der Waals surface area contributed by atoms with Crippen molar-refractivity contribution < 1.29 is 0 Å². The summed E-state index contributed by atoms with van der Waals surface area (Å²) in [6.45, 7) is 2.00. The number of nitrogens with zero attached hydrogens (tertiary/aromatic N) is 5. The molecular weight excluding hydrogens is 264 g/mol. The highest BCUT2D eigenvalue weighted by molar-refractivity contribution is 5.77. The maximum atomic E-state index is 9.04. The van der Waals surface area contributed by atoms with Crippen LogP contribution in [0.2, 0.25) is 0 Å². The van der Waals surface area contributed by atoms with Crippen LogP contribution in [0.15, 0.2) is 45.6 Å². The van der Waals surface area contributed by atoms with Gasteiger partial charge in [0.05, 0.1) is 12.7 Å². The first-order valence-electron chi connectivity index (χ1n) is 6.17. The van der Waals surface area contributed by atoms with Crippen LogP contribution in [-0.2, 0) is 0 Å². The summed E-state index contributed by atoms with van der Waals surface area (Å²) in [6, 6.07) is 11.4. The Morgan fingerprint density at radius 3 is 2.19 bits per heavy atom. The lowest BCUT2D eigenvalue weighted by Crippen LogP contribution is -2.07. The minimum absolute atomic E-state index is 0.0341. The Labute approximate surface area is 124 Å². The molecule has 0 fully saturated rings. The summed E-state index contributed by atoms with van der Waals surface area (Å²) < 4.78 is 0. The van der Waals surface area contributed by atoms with E-state index < -0.39 is 0 Å². The molecular formula is C15H16N6. The van der Waals surface area contributed by atoms with Gasteiger partial charge in [-0.3, -0.25) is 0 Å². The molecule has 0 saturated carbocycles. The van der Waals surface area contributed by atoms with Crippen molar-refractivity contribution >= 4 is 18.4 Å². The van der Waals surface area contributed by atoms with Gasteiger partial charge in [-0.05, 0) is 19.1 Å². The van der Waals surface area contributed by atoms with Crippen molar-refractivity contribution in [1.82, 2.24) is 4.90 Å². The second kappa shape index (κ2) is 8.13. The summed E-state index contributed by atoms with van der Waals surface area (Å²) in [5.74, 6) is 0. The van der Waals surface area contributed by atoms with Gasteiger partial charge in [-0.15, -0.1) is 0 Å². The first kappa shape index (κ1) is 15.9. The van der Waals surface area contributed by atoms with E-state index in [0.717, 1.165) is 11.3 Å². The van der Waals surface area contributed by atoms with Crippen molar-refractivity contribution in [3.05, 3.63) is 41.2 Å². The molecule has 6 heteroatoms. The molecule has 1 aromatic carbocycles. The van der Waals surface area contributed by atoms with Crippen molar-refractivity contribution in [2.45, 2.75) is 6.92 Å². The lowest BCUT2D eigenvalue weighted by molar-refractivity contribution is 0.642. The van der Waals surface area contributed by atoms with Crippen LogP contribution >= 0.6 is 0 Å². The molecule has 21 heavy (non-hydrogen) atoms. The Morgan fingerprint density at radius 1 is 1.10 bits per heavy atom. The number of hydrogen-bond donors (Lipinski definition) is 1. The lowest BCUT2D eigenvalue weighted by atomic mass is 10.2. The van der Waals surface area contributed by atoms with Crippen molar-refractivity contribution in [3.8, 4) is 12.1 Å². The Hall–Kier alpha value is -3.12. The third-order valence-corrected chi connectivity index (χ3v) is 2.33. The van der Waals surface area contributed by atoms with Gasteiger partial charge in [-0.1, -0.05) is 17.7 Å². The van der Waals surface area contributed by atoms with Gasteiger partial charge in [0.25, 0.3) is 0 Å². The Kier molecular flexibility index (Phi) is 6.17. The molecule has 6 nitrogen and oxygen atoms in total. The van der Waals surface area contributed by atoms with Gasteiger partial charge in [-0.25, -0.2) is 9.98 Å². The van der Waals surface area contributed by atoms with Crippen LogP contribution in [0.1, 0.15) is 5.56 Å². The van der Waals surface area contributed by atoms with Crippen LogP contribution in [0.4, 0.5) is 5.69 Å². The maximum Gasteiger partial charge on any atom is 0.178 e. The van der Waals surface area contributed by atoms with Crippen LogP contribution in [0.3, 0.4) is 0 Å². The van der Waals surface area contributed by atoms with E-state index in [-0.39, 0.29) is 11.4 Å². The Balaban J connectivity index is 2.85. The minimum Gasteiger partial charge on any atom is -0.369 e. The highest BCUT2D eigenvalue weighted by Crippen LogP contribution is 2.08. The summed E-state index contributed by atoms with van der Waals surface area (Å²) in [5, 5.41) is 21.0. The average Bonchev–Trinajstić information content (AvgIpc) is 2.47. The first-order valence-corrected chi connectivity index (χ1v) is 6.17. The number of aryl methyl sites for hydroxylation is 1. The zero-order valence-corrected chi connectivity index (χ0v) is 12.2. The molecule has 0 heterocycles. The molecule has 1 aromatic rings. The van der Waals surface area contributed by atoms with E-state index >= 15 is 0 Å². The average molecular weight is 280 g/mol. The predicted molar refractivity (Wildman–Crippen MR) is 83.7 cm³/mol. The van der Waals surface area contributed by atoms with Crippen molar-refractivity contribution in [2.75, 3.05) is 19.4 Å². The maximum absolute atomic E-state index is 9.04. The van der Waals surface area contributed by atoms with E-state index in [1.54, 1.807) is 19.0 Å². The van der Waals surface area contributed by atoms with Gasteiger partial charge < -0.3 is 10.2 Å². The number of aliphatic imine (C=N–C) groups is 2. The molecule has 0 amide bonds. The Bertz CT molecular complexity index is 638. The second-order valence-electron chi connectivity index (χ2n) is 4.40. The summed E-state index contributed by atoms with van der Waals surface area (Å²) in [5.41, 5.74) is 1.92. The number of anilines is 1. The standard InChI is InChI=1S/C15H16N6/c1-12-4-6-13(7-5-12)18-10-19-14(8-16)15(9-17)20-11-21(2)3/h4-7,10-11H,1-3H3,(H,18,19)/b15-14-,20-11?. The summed E-state index contributed by atoms with van der Waals surface area (Å²) >= 11 is 0. The zero-order valence-electron chi connectivity index (χ0n) is 12.2. The van der Waals surface area contributed by atoms with E-state index in [2.05, 4.69) is 15.3 Å². The fourth-order valence-electron chi connectivity index (χ4n) is 1.28. The van der Waals surface area contributed by atoms with Gasteiger partial charge in [-0.2, -0.15) is 10.5 Å². The van der Waals surface area contributed by atoms with Crippen LogP contribution in [0.5, 0.6) is 0 Å². The third kappa shape index (κ3) is 5.58. The molecule has 0 atom stereocenters. The Morgan fingerprint density at radius 2 is 1.67 bits per heavy atom. The monoisotopic (exact) mass is 280 g/mol. The SMILES string of the molecule is Cc1ccc(NC=N/C(C#N)=C(/C#N)N=CN(C)C)cc1. The van der Waals surface area contributed by atoms with E-state index in [1.807, 2.05) is 43.3 Å². The van der Waals surface area contributed by atoms with E-state index in [1.165, 1.54) is 12.7 Å². The fraction of sp³-hybridized carbons (Fsp3) is 0.200. The first-order chi connectivity index (χ1) is 10.1. The van der Waals surface area contributed by atoms with Crippen LogP contribution in [0, 0.1) is 29.6 Å². The lowest BCUT2D eigenvalue weighted by Gasteiger charge is -2.02. The smallest absolute Gasteiger partial charge is 0.178 e. The molecule has 0 radical (unpaired) electrons. The van der Waals surface area contributed by atoms with Crippen molar-refractivity contribution in [2.24, 2.45) is 9.98 Å². The topological polar surface area (TPSA) is 87.6 Å². The van der Waals surface area contributed by atoms with Crippen molar-refractivity contribution in [3.63, 3.8) is 0 Å². The number of hydrogen-bond acceptors (Lipinski definition) is 4. The molecule has 0 saturated heterocycles. The van der Waals surface area contributed by atoms with Gasteiger partial charge >= 0.3 is 0 Å². The third-order valence-electron chi connectivity index (χ3n) is 2.33. The summed E-state index contributed by atoms with van der Waals surface area (Å²) in [6.07, 6.45) is 2.81. The fourth-order valence-corrected chi connectivity index (χ4v) is 1.28. The molecule has 106 valence electrons. The molecule has 0 aromatic heterocycles. The van der Waals surface area contributed by atoms with Gasteiger partial charge in [0.15, 0.2) is 11.4 Å². The number of nitrogens with one attached hydrogen (secondary N) is 1. The highest BCUT2D eigenvalue weighted by Gasteiger charge is 2.02. The quantitative estimate of drug-likeness (QED) is 0.509. The van der Waals surface area contributed by atoms with Crippen LogP contribution < -0.4 is 5.32 Å². The van der Waals surface area contributed by atoms with E-state index in [9.17, 15) is 0 Å². The van der Waals surface area contributed by atoms with Crippen molar-refractivity contribution in [1.29, 1.82) is 10.5 Å². The zero-order chi connectivity index (χ0) is 15.7. The predicted octanol–water partition coefficient (Wildman–Crippen LogP) is 2.28. The molecule has 0 bridgehead atoms. The molecule has 0 aliphatic carbocycles. The number of allylic oxidation sites excluding steroid dienone is 2. The van der Waals surface area contributed by atoms with Crippen LogP contribution in [-0.4, -0.2) is 31.7 Å². The number of nitriles is 2. The number of rotatable bonds is 5. The second-order valence-corrected chi connectivity index (χ2v) is 4.40. The summed E-state index contributed by atoms with van der Waals surface area (Å²) in [4.78, 5) is 9.51. The van der Waals surface area contributed by atoms with Gasteiger partial charge in [0.2, 0.25) is 0 Å². The number of benzene rings is 1. The largest absolute Gasteiger partial charge is 0.369 e. The molecule has 1 N–H and O–H groups in total. The minimum atomic E-state index is -0.0461. The van der Waals surface area contributed by atoms with Gasteiger partial charge in [0, 0.05) is 19.8 Å². The van der Waals surface area contributed by atoms with E-state index in [4.69, 9.17) is 10.5 Å². The normalized spacial score (nSPS) is 11.9. The molecule has 0 aliphatic heterocycles. The molecule has 0 unspecified atom stereocenters. The van der Waals surface area contributed by atoms with E-state index in [0.29, 0.717) is 0 Å². The highest BCUT2D eigenvalue weighted by atomic mass is 15.1. The summed E-state index contributed by atoms with van der Waals surface area (Å²) in [7, 11) is 3.54. The molecule has 1 rings (SSSR count). The van der Waals surface area contributed by atoms with Crippen LogP contribution in [0.25, 0.3) is 0 Å². The molecule has 0 spiro atoms. The van der Waals surface area contributed by atoms with Gasteiger partial charge in [0.1, 0.15) is 12.1 Å². The molecule has 0 aliphatic rings.